The van der Waals surface area contributed by atoms with Gasteiger partial charge in [-0.05, 0) is 43.9 Å². The zero-order valence-corrected chi connectivity index (χ0v) is 17.9. The van der Waals surface area contributed by atoms with Crippen LogP contribution in [0.1, 0.15) is 74.1 Å². The molecule has 1 aliphatic rings. The van der Waals surface area contributed by atoms with Crippen molar-refractivity contribution in [1.29, 1.82) is 0 Å². The van der Waals surface area contributed by atoms with Crippen LogP contribution in [0.3, 0.4) is 0 Å². The van der Waals surface area contributed by atoms with Crippen molar-refractivity contribution >= 4 is 5.97 Å². The number of esters is 1. The number of carbonyl (C=O) groups is 1. The number of unbranched alkanes of at least 4 members (excludes halogenated alkanes) is 1. The minimum atomic E-state index is -0.659. The molecule has 26 heavy (non-hydrogen) atoms. The Morgan fingerprint density at radius 3 is 2.12 bits per heavy atom. The third kappa shape index (κ3) is 6.82. The summed E-state index contributed by atoms with van der Waals surface area (Å²) in [5.74, 6) is -0.320. The summed E-state index contributed by atoms with van der Waals surface area (Å²) < 4.78 is 23.1. The molecule has 0 amide bonds. The summed E-state index contributed by atoms with van der Waals surface area (Å²) >= 11 is 0. The Morgan fingerprint density at radius 1 is 1.00 bits per heavy atom. The fourth-order valence-electron chi connectivity index (χ4n) is 4.30. The van der Waals surface area contributed by atoms with E-state index < -0.39 is 6.10 Å². The van der Waals surface area contributed by atoms with Gasteiger partial charge in [-0.15, -0.1) is 0 Å². The monoisotopic (exact) mass is 372 g/mol. The molecular weight excluding hydrogens is 332 g/mol. The first-order valence-corrected chi connectivity index (χ1v) is 10.2. The molecule has 0 spiro atoms. The second-order valence-electron chi connectivity index (χ2n) is 8.64. The largest absolute Gasteiger partial charge is 0.464 e. The van der Waals surface area contributed by atoms with Gasteiger partial charge in [0.15, 0.2) is 6.10 Å². The standard InChI is InChI=1S/C21H40O5/c1-8-11-12-25-18(22)17(24-10-3)15-26-19-20(4,5)13-16(23-9-2)14-21(19,6)7/h16-17,19H,8-15H2,1-7H3. The van der Waals surface area contributed by atoms with Gasteiger partial charge in [-0.1, -0.05) is 41.0 Å². The predicted octanol–water partition coefficient (Wildman–Crippen LogP) is 4.37. The minimum Gasteiger partial charge on any atom is -0.464 e. The van der Waals surface area contributed by atoms with Gasteiger partial charge in [0.05, 0.1) is 25.4 Å². The lowest BCUT2D eigenvalue weighted by Gasteiger charge is -2.51. The van der Waals surface area contributed by atoms with Crippen molar-refractivity contribution < 1.29 is 23.7 Å². The lowest BCUT2D eigenvalue weighted by molar-refractivity contribution is -0.186. The summed E-state index contributed by atoms with van der Waals surface area (Å²) in [4.78, 5) is 12.3. The molecule has 0 heterocycles. The molecule has 5 heteroatoms. The van der Waals surface area contributed by atoms with Gasteiger partial charge in [0.2, 0.25) is 0 Å². The van der Waals surface area contributed by atoms with E-state index in [4.69, 9.17) is 18.9 Å². The molecule has 5 nitrogen and oxygen atoms in total. The van der Waals surface area contributed by atoms with Crippen LogP contribution in [-0.2, 0) is 23.7 Å². The maximum atomic E-state index is 12.3. The molecule has 1 rings (SSSR count). The SMILES string of the molecule is CCCCOC(=O)C(COC1C(C)(C)CC(OCC)CC1(C)C)OCC. The third-order valence-electron chi connectivity index (χ3n) is 5.12. The van der Waals surface area contributed by atoms with Crippen LogP contribution in [0.4, 0.5) is 0 Å². The first kappa shape index (κ1) is 23.4. The van der Waals surface area contributed by atoms with E-state index in [-0.39, 0.29) is 35.6 Å². The molecule has 0 N–H and O–H groups in total. The first-order valence-electron chi connectivity index (χ1n) is 10.2. The van der Waals surface area contributed by atoms with E-state index in [0.29, 0.717) is 13.2 Å². The predicted molar refractivity (Wildman–Crippen MR) is 103 cm³/mol. The summed E-state index contributed by atoms with van der Waals surface area (Å²) in [6.07, 6.45) is 3.39. The molecule has 1 aliphatic carbocycles. The van der Waals surface area contributed by atoms with Crippen LogP contribution >= 0.6 is 0 Å². The Kier molecular flexibility index (Phi) is 9.56. The van der Waals surface area contributed by atoms with E-state index in [1.54, 1.807) is 0 Å². The highest BCUT2D eigenvalue weighted by Gasteiger charge is 2.49. The van der Waals surface area contributed by atoms with E-state index in [1.807, 2.05) is 13.8 Å². The van der Waals surface area contributed by atoms with Gasteiger partial charge in [-0.25, -0.2) is 4.79 Å². The third-order valence-corrected chi connectivity index (χ3v) is 5.12. The average molecular weight is 373 g/mol. The zero-order chi connectivity index (χ0) is 19.8. The smallest absolute Gasteiger partial charge is 0.337 e. The normalized spacial score (nSPS) is 25.7. The molecule has 154 valence electrons. The topological polar surface area (TPSA) is 54.0 Å². The first-order chi connectivity index (χ1) is 12.2. The van der Waals surface area contributed by atoms with Crippen molar-refractivity contribution in [2.75, 3.05) is 26.4 Å². The Morgan fingerprint density at radius 2 is 1.62 bits per heavy atom. The second kappa shape index (κ2) is 10.6. The molecule has 0 aliphatic heterocycles. The Balaban J connectivity index is 2.72. The lowest BCUT2D eigenvalue weighted by atomic mass is 9.61. The lowest BCUT2D eigenvalue weighted by Crippen LogP contribution is -2.53. The number of hydrogen-bond donors (Lipinski definition) is 0. The highest BCUT2D eigenvalue weighted by atomic mass is 16.6. The number of ether oxygens (including phenoxy) is 4. The Hall–Kier alpha value is -0.650. The fourth-order valence-corrected chi connectivity index (χ4v) is 4.30. The van der Waals surface area contributed by atoms with Gasteiger partial charge >= 0.3 is 5.97 Å². The zero-order valence-electron chi connectivity index (χ0n) is 17.9. The molecule has 0 aromatic rings. The maximum Gasteiger partial charge on any atom is 0.337 e. The van der Waals surface area contributed by atoms with Gasteiger partial charge in [-0.2, -0.15) is 0 Å². The maximum absolute atomic E-state index is 12.3. The highest BCUT2D eigenvalue weighted by molar-refractivity contribution is 5.74. The molecule has 0 aromatic heterocycles. The van der Waals surface area contributed by atoms with Gasteiger partial charge in [-0.3, -0.25) is 0 Å². The van der Waals surface area contributed by atoms with Crippen LogP contribution in [0.5, 0.6) is 0 Å². The van der Waals surface area contributed by atoms with E-state index in [0.717, 1.165) is 32.3 Å². The summed E-state index contributed by atoms with van der Waals surface area (Å²) in [5, 5.41) is 0. The van der Waals surface area contributed by atoms with Crippen LogP contribution < -0.4 is 0 Å². The molecule has 1 unspecified atom stereocenters. The van der Waals surface area contributed by atoms with E-state index in [9.17, 15) is 4.79 Å². The van der Waals surface area contributed by atoms with Crippen LogP contribution in [0.15, 0.2) is 0 Å². The van der Waals surface area contributed by atoms with Gasteiger partial charge < -0.3 is 18.9 Å². The van der Waals surface area contributed by atoms with Gasteiger partial charge in [0.1, 0.15) is 0 Å². The fraction of sp³-hybridized carbons (Fsp3) is 0.952. The molecule has 0 radical (unpaired) electrons. The van der Waals surface area contributed by atoms with Crippen molar-refractivity contribution in [3.63, 3.8) is 0 Å². The molecule has 1 saturated carbocycles. The quantitative estimate of drug-likeness (QED) is 0.398. The highest BCUT2D eigenvalue weighted by Crippen LogP contribution is 2.48. The molecule has 1 fully saturated rings. The summed E-state index contributed by atoms with van der Waals surface area (Å²) in [6, 6.07) is 0. The summed E-state index contributed by atoms with van der Waals surface area (Å²) in [5.41, 5.74) is -0.0745. The van der Waals surface area contributed by atoms with Crippen molar-refractivity contribution in [2.45, 2.75) is 92.5 Å². The Labute approximate surface area is 160 Å². The van der Waals surface area contributed by atoms with Crippen molar-refractivity contribution in [3.05, 3.63) is 0 Å². The summed E-state index contributed by atoms with van der Waals surface area (Å²) in [7, 11) is 0. The molecule has 1 atom stereocenters. The summed E-state index contributed by atoms with van der Waals surface area (Å²) in [6.45, 7) is 16.7. The average Bonchev–Trinajstić information content (AvgIpc) is 2.52. The van der Waals surface area contributed by atoms with Crippen LogP contribution in [0, 0.1) is 10.8 Å². The Bertz CT molecular complexity index is 401. The number of rotatable bonds is 11. The van der Waals surface area contributed by atoms with Gasteiger partial charge in [0.25, 0.3) is 0 Å². The molecule has 0 aromatic carbocycles. The number of hydrogen-bond acceptors (Lipinski definition) is 5. The van der Waals surface area contributed by atoms with E-state index >= 15 is 0 Å². The van der Waals surface area contributed by atoms with Crippen molar-refractivity contribution in [1.82, 2.24) is 0 Å². The van der Waals surface area contributed by atoms with Gasteiger partial charge in [0, 0.05) is 13.2 Å². The van der Waals surface area contributed by atoms with Crippen LogP contribution in [0.2, 0.25) is 0 Å². The van der Waals surface area contributed by atoms with E-state index in [1.165, 1.54) is 0 Å². The van der Waals surface area contributed by atoms with Crippen LogP contribution in [0.25, 0.3) is 0 Å². The van der Waals surface area contributed by atoms with Crippen molar-refractivity contribution in [2.24, 2.45) is 10.8 Å². The van der Waals surface area contributed by atoms with Crippen molar-refractivity contribution in [3.8, 4) is 0 Å². The minimum absolute atomic E-state index is 0.0260. The van der Waals surface area contributed by atoms with E-state index in [2.05, 4.69) is 34.6 Å². The number of carbonyl (C=O) groups excluding carboxylic acids is 1. The molecular formula is C21H40O5. The molecule has 0 saturated heterocycles. The second-order valence-corrected chi connectivity index (χ2v) is 8.64. The molecule has 0 bridgehead atoms. The van der Waals surface area contributed by atoms with Crippen LogP contribution in [-0.4, -0.2) is 50.7 Å².